The van der Waals surface area contributed by atoms with Crippen molar-refractivity contribution in [1.82, 2.24) is 4.90 Å². The third-order valence-corrected chi connectivity index (χ3v) is 4.60. The van der Waals surface area contributed by atoms with Crippen molar-refractivity contribution in [2.75, 3.05) is 19.8 Å². The van der Waals surface area contributed by atoms with Gasteiger partial charge in [0, 0.05) is 24.4 Å². The first-order valence-corrected chi connectivity index (χ1v) is 7.12. The molecule has 3 fully saturated rings. The number of fused-ring (bicyclic) bond motifs is 2. The highest BCUT2D eigenvalue weighted by Crippen LogP contribution is 2.36. The summed E-state index contributed by atoms with van der Waals surface area (Å²) in [6.45, 7) is 0.990. The molecule has 2 bridgehead atoms. The molecule has 2 amide bonds. The van der Waals surface area contributed by atoms with Crippen LogP contribution in [0, 0.1) is 17.8 Å². The Morgan fingerprint density at radius 1 is 1.16 bits per heavy atom. The molecule has 0 aromatic heterocycles. The molecular formula is C14H19NO4. The predicted molar refractivity (Wildman–Crippen MR) is 66.1 cm³/mol. The van der Waals surface area contributed by atoms with Crippen LogP contribution in [0.1, 0.15) is 32.1 Å². The number of rotatable bonds is 3. The van der Waals surface area contributed by atoms with Crippen LogP contribution in [0.3, 0.4) is 0 Å². The summed E-state index contributed by atoms with van der Waals surface area (Å²) >= 11 is 0. The van der Waals surface area contributed by atoms with E-state index in [1.165, 1.54) is 4.90 Å². The first-order chi connectivity index (χ1) is 9.16. The minimum atomic E-state index is -0.137. The van der Waals surface area contributed by atoms with Crippen LogP contribution in [0.4, 0.5) is 0 Å². The van der Waals surface area contributed by atoms with Gasteiger partial charge in [0.1, 0.15) is 0 Å². The van der Waals surface area contributed by atoms with E-state index in [1.54, 1.807) is 0 Å². The third-order valence-electron chi connectivity index (χ3n) is 4.60. The van der Waals surface area contributed by atoms with Gasteiger partial charge in [-0.15, -0.1) is 0 Å². The third kappa shape index (κ3) is 2.31. The Bertz CT molecular complexity index is 392. The topological polar surface area (TPSA) is 63.7 Å². The largest absolute Gasteiger partial charge is 0.381 e. The van der Waals surface area contributed by atoms with Crippen molar-refractivity contribution < 1.29 is 19.1 Å². The van der Waals surface area contributed by atoms with Crippen LogP contribution in [-0.2, 0) is 19.1 Å². The number of nitrogens with zero attached hydrogens (tertiary/aromatic N) is 1. The van der Waals surface area contributed by atoms with Gasteiger partial charge in [0.25, 0.3) is 0 Å². The van der Waals surface area contributed by atoms with Gasteiger partial charge in [0.2, 0.25) is 11.8 Å². The second kappa shape index (κ2) is 5.04. The number of likely N-dealkylation sites (tertiary alicyclic amines) is 1. The van der Waals surface area contributed by atoms with E-state index in [1.807, 2.05) is 0 Å². The normalized spacial score (nSPS) is 34.7. The predicted octanol–water partition coefficient (Wildman–Crippen LogP) is 0.767. The molecule has 19 heavy (non-hydrogen) atoms. The fourth-order valence-electron chi connectivity index (χ4n) is 3.42. The maximum Gasteiger partial charge on any atom is 0.232 e. The van der Waals surface area contributed by atoms with Crippen LogP contribution in [0.5, 0.6) is 0 Å². The van der Waals surface area contributed by atoms with Crippen molar-refractivity contribution in [3.05, 3.63) is 0 Å². The summed E-state index contributed by atoms with van der Waals surface area (Å²) in [4.78, 5) is 37.8. The number of amides is 2. The quantitative estimate of drug-likeness (QED) is 0.707. The average Bonchev–Trinajstić information content (AvgIpc) is 2.96. The number of imide groups is 1. The molecule has 5 nitrogen and oxygen atoms in total. The monoisotopic (exact) mass is 265 g/mol. The first-order valence-electron chi connectivity index (χ1n) is 7.12. The zero-order valence-electron chi connectivity index (χ0n) is 11.0. The van der Waals surface area contributed by atoms with E-state index >= 15 is 0 Å². The van der Waals surface area contributed by atoms with Crippen molar-refractivity contribution in [3.63, 3.8) is 0 Å². The number of ketones is 1. The number of ether oxygens (including phenoxy) is 1. The van der Waals surface area contributed by atoms with E-state index in [0.717, 1.165) is 19.3 Å². The lowest BCUT2D eigenvalue weighted by Crippen LogP contribution is -2.53. The highest BCUT2D eigenvalue weighted by Gasteiger charge is 2.43. The lowest BCUT2D eigenvalue weighted by Gasteiger charge is -2.38. The summed E-state index contributed by atoms with van der Waals surface area (Å²) < 4.78 is 5.19. The van der Waals surface area contributed by atoms with Gasteiger partial charge in [0.15, 0.2) is 5.78 Å². The number of hydrogen-bond acceptors (Lipinski definition) is 4. The fourth-order valence-corrected chi connectivity index (χ4v) is 3.42. The van der Waals surface area contributed by atoms with Crippen molar-refractivity contribution in [1.29, 1.82) is 0 Å². The van der Waals surface area contributed by atoms with Gasteiger partial charge in [-0.25, -0.2) is 0 Å². The van der Waals surface area contributed by atoms with E-state index < -0.39 is 0 Å². The van der Waals surface area contributed by atoms with E-state index in [4.69, 9.17) is 4.74 Å². The maximum absolute atomic E-state index is 12.2. The van der Waals surface area contributed by atoms with E-state index in [2.05, 4.69) is 0 Å². The molecule has 2 saturated heterocycles. The van der Waals surface area contributed by atoms with Crippen LogP contribution in [0.15, 0.2) is 0 Å². The minimum absolute atomic E-state index is 0.0285. The van der Waals surface area contributed by atoms with Gasteiger partial charge < -0.3 is 4.74 Å². The van der Waals surface area contributed by atoms with E-state index in [9.17, 15) is 14.4 Å². The molecule has 5 heteroatoms. The number of Topliss-reactive ketones (excluding diaryl/α,β-unsaturated/α-hetero) is 1. The van der Waals surface area contributed by atoms with Gasteiger partial charge >= 0.3 is 0 Å². The molecule has 3 rings (SSSR count). The number of hydrogen-bond donors (Lipinski definition) is 0. The molecule has 3 unspecified atom stereocenters. The molecule has 0 spiro atoms. The smallest absolute Gasteiger partial charge is 0.232 e. The molecule has 2 aliphatic heterocycles. The summed E-state index contributed by atoms with van der Waals surface area (Å²) in [7, 11) is 0. The average molecular weight is 265 g/mol. The van der Waals surface area contributed by atoms with Gasteiger partial charge in [0.05, 0.1) is 13.2 Å². The van der Waals surface area contributed by atoms with Crippen LogP contribution in [0.25, 0.3) is 0 Å². The van der Waals surface area contributed by atoms with Crippen LogP contribution in [-0.4, -0.2) is 42.3 Å². The molecule has 3 atom stereocenters. The second-order valence-corrected chi connectivity index (χ2v) is 5.85. The van der Waals surface area contributed by atoms with Crippen LogP contribution < -0.4 is 0 Å². The number of piperidine rings is 1. The fraction of sp³-hybridized carbons (Fsp3) is 0.786. The molecule has 3 aliphatic rings. The highest BCUT2D eigenvalue weighted by molar-refractivity contribution is 6.03. The summed E-state index contributed by atoms with van der Waals surface area (Å²) in [5, 5.41) is 0. The molecule has 2 heterocycles. The summed E-state index contributed by atoms with van der Waals surface area (Å²) in [6, 6.07) is 0. The zero-order valence-corrected chi connectivity index (χ0v) is 11.0. The highest BCUT2D eigenvalue weighted by atomic mass is 16.5. The SMILES string of the molecule is O=C(CN1C(=O)C2CCCC(C2)C1=O)C1CCOC1. The van der Waals surface area contributed by atoms with Crippen LogP contribution in [0.2, 0.25) is 0 Å². The Balaban J connectivity index is 1.70. The van der Waals surface area contributed by atoms with Crippen molar-refractivity contribution in [3.8, 4) is 0 Å². The van der Waals surface area contributed by atoms with Gasteiger partial charge in [-0.05, 0) is 25.7 Å². The Morgan fingerprint density at radius 3 is 2.42 bits per heavy atom. The molecule has 0 N–H and O–H groups in total. The van der Waals surface area contributed by atoms with Gasteiger partial charge in [-0.1, -0.05) is 6.42 Å². The summed E-state index contributed by atoms with van der Waals surface area (Å²) in [5.41, 5.74) is 0. The van der Waals surface area contributed by atoms with Crippen LogP contribution >= 0.6 is 0 Å². The standard InChI is InChI=1S/C14H19NO4/c16-12(11-4-5-19-8-11)7-15-13(17)9-2-1-3-10(6-9)14(15)18/h9-11H,1-8H2. The minimum Gasteiger partial charge on any atom is -0.381 e. The maximum atomic E-state index is 12.2. The van der Waals surface area contributed by atoms with Crippen molar-refractivity contribution >= 4 is 17.6 Å². The molecule has 1 saturated carbocycles. The molecule has 104 valence electrons. The van der Waals surface area contributed by atoms with Crippen molar-refractivity contribution in [2.45, 2.75) is 32.1 Å². The van der Waals surface area contributed by atoms with Gasteiger partial charge in [-0.2, -0.15) is 0 Å². The van der Waals surface area contributed by atoms with Gasteiger partial charge in [-0.3, -0.25) is 19.3 Å². The molecular weight excluding hydrogens is 246 g/mol. The first kappa shape index (κ1) is 12.8. The Labute approximate surface area is 112 Å². The van der Waals surface area contributed by atoms with Crippen molar-refractivity contribution in [2.24, 2.45) is 17.8 Å². The Hall–Kier alpha value is -1.23. The zero-order chi connectivity index (χ0) is 13.4. The number of carbonyl (C=O) groups is 3. The van der Waals surface area contributed by atoms with E-state index in [-0.39, 0.29) is 41.9 Å². The Morgan fingerprint density at radius 2 is 1.84 bits per heavy atom. The second-order valence-electron chi connectivity index (χ2n) is 5.85. The summed E-state index contributed by atoms with van der Waals surface area (Å²) in [6.07, 6.45) is 4.07. The molecule has 0 aromatic carbocycles. The molecule has 0 aromatic rings. The van der Waals surface area contributed by atoms with E-state index in [0.29, 0.717) is 26.1 Å². The Kier molecular flexibility index (Phi) is 3.39. The lowest BCUT2D eigenvalue weighted by atomic mass is 9.76. The lowest BCUT2D eigenvalue weighted by molar-refractivity contribution is -0.160. The summed E-state index contributed by atoms with van der Waals surface area (Å²) in [5.74, 6) is -0.504. The molecule has 1 aliphatic carbocycles. The molecule has 0 radical (unpaired) electrons. The number of carbonyl (C=O) groups excluding carboxylic acids is 3.